The number of H-pyrrole nitrogens is 1. The number of Topliss-reactive ketones (excluding diaryl/α,β-unsaturated/α-hetero) is 1. The molecular formula is C28H28FN5O3. The third kappa shape index (κ3) is 5.16. The van der Waals surface area contributed by atoms with Crippen LogP contribution in [0.5, 0.6) is 5.88 Å². The average molecular weight is 502 g/mol. The minimum atomic E-state index is -0.620. The third-order valence-electron chi connectivity index (χ3n) is 6.38. The molecule has 0 spiro atoms. The standard InChI is InChI=1S/C28H28FN5O3/c1-15(2)31-28(36)37-27-25-21(24-22(32-26(25)33-34-27)11-16(3)12-23(24)35)10-9-20-8-7-18(14-30-20)17-5-4-6-19(29)13-17/h4-10,13-16,21H,11-12H2,1-3H3,(H,31,36)(H2,32,33,34)/b10-9+. The molecule has 3 aromatic rings. The first-order valence-corrected chi connectivity index (χ1v) is 12.3. The Hall–Kier alpha value is -4.27. The van der Waals surface area contributed by atoms with Gasteiger partial charge in [0, 0.05) is 41.4 Å². The Bertz CT molecular complexity index is 1410. The van der Waals surface area contributed by atoms with Gasteiger partial charge in [0.15, 0.2) is 5.78 Å². The predicted molar refractivity (Wildman–Crippen MR) is 138 cm³/mol. The van der Waals surface area contributed by atoms with Gasteiger partial charge in [-0.3, -0.25) is 14.9 Å². The Labute approximate surface area is 214 Å². The first-order valence-electron chi connectivity index (χ1n) is 12.3. The molecule has 2 aromatic heterocycles. The molecule has 0 radical (unpaired) electrons. The van der Waals surface area contributed by atoms with Gasteiger partial charge >= 0.3 is 6.09 Å². The first kappa shape index (κ1) is 24.4. The number of carbonyl (C=O) groups excluding carboxylic acids is 2. The number of nitrogens with one attached hydrogen (secondary N) is 3. The summed E-state index contributed by atoms with van der Waals surface area (Å²) in [5.74, 6) is 0.197. The monoisotopic (exact) mass is 501 g/mol. The van der Waals surface area contributed by atoms with E-state index in [0.717, 1.165) is 23.2 Å². The Morgan fingerprint density at radius 3 is 2.78 bits per heavy atom. The Kier molecular flexibility index (Phi) is 6.60. The largest absolute Gasteiger partial charge is 0.414 e. The van der Waals surface area contributed by atoms with Crippen molar-refractivity contribution in [2.75, 3.05) is 5.32 Å². The molecule has 8 nitrogen and oxygen atoms in total. The molecule has 5 rings (SSSR count). The van der Waals surface area contributed by atoms with Gasteiger partial charge in [-0.2, -0.15) is 0 Å². The Morgan fingerprint density at radius 2 is 2.05 bits per heavy atom. The molecule has 3 heterocycles. The molecule has 2 aliphatic rings. The van der Waals surface area contributed by atoms with Crippen LogP contribution in [-0.4, -0.2) is 33.1 Å². The van der Waals surface area contributed by atoms with Crippen molar-refractivity contribution in [3.63, 3.8) is 0 Å². The lowest BCUT2D eigenvalue weighted by Crippen LogP contribution is -2.33. The summed E-state index contributed by atoms with van der Waals surface area (Å²) in [6.45, 7) is 5.71. The summed E-state index contributed by atoms with van der Waals surface area (Å²) in [5.41, 5.74) is 4.29. The number of aromatic nitrogens is 3. The minimum Gasteiger partial charge on any atom is -0.389 e. The molecule has 0 bridgehead atoms. The number of carbonyl (C=O) groups is 2. The zero-order valence-electron chi connectivity index (χ0n) is 20.8. The van der Waals surface area contributed by atoms with Crippen LogP contribution in [0.3, 0.4) is 0 Å². The van der Waals surface area contributed by atoms with E-state index >= 15 is 0 Å². The smallest absolute Gasteiger partial charge is 0.389 e. The van der Waals surface area contributed by atoms with Crippen LogP contribution in [0.2, 0.25) is 0 Å². The number of ether oxygens (including phenoxy) is 1. The molecule has 0 saturated heterocycles. The Balaban J connectivity index is 1.48. The highest BCUT2D eigenvalue weighted by molar-refractivity contribution is 6.01. The third-order valence-corrected chi connectivity index (χ3v) is 6.38. The van der Waals surface area contributed by atoms with Gasteiger partial charge in [0.1, 0.15) is 11.6 Å². The molecule has 9 heteroatoms. The number of aromatic amines is 1. The fraction of sp³-hybridized carbons (Fsp3) is 0.286. The van der Waals surface area contributed by atoms with Gasteiger partial charge in [-0.25, -0.2) is 9.18 Å². The summed E-state index contributed by atoms with van der Waals surface area (Å²) in [6, 6.07) is 9.95. The van der Waals surface area contributed by atoms with Crippen molar-refractivity contribution in [2.24, 2.45) is 5.92 Å². The zero-order valence-corrected chi connectivity index (χ0v) is 20.8. The van der Waals surface area contributed by atoms with E-state index in [2.05, 4.69) is 25.8 Å². The van der Waals surface area contributed by atoms with Crippen molar-refractivity contribution in [3.05, 3.63) is 77.0 Å². The number of nitrogens with zero attached hydrogens (tertiary/aromatic N) is 2. The fourth-order valence-electron chi connectivity index (χ4n) is 4.78. The molecular weight excluding hydrogens is 473 g/mol. The second kappa shape index (κ2) is 10.0. The van der Waals surface area contributed by atoms with Gasteiger partial charge in [0.2, 0.25) is 5.88 Å². The number of rotatable bonds is 5. The zero-order chi connectivity index (χ0) is 26.1. The van der Waals surface area contributed by atoms with Crippen molar-refractivity contribution < 1.29 is 18.7 Å². The van der Waals surface area contributed by atoms with Crippen molar-refractivity contribution in [1.82, 2.24) is 20.5 Å². The summed E-state index contributed by atoms with van der Waals surface area (Å²) < 4.78 is 19.1. The van der Waals surface area contributed by atoms with Gasteiger partial charge in [0.05, 0.1) is 11.3 Å². The lowest BCUT2D eigenvalue weighted by molar-refractivity contribution is -0.117. The number of halogens is 1. The number of hydrogen-bond donors (Lipinski definition) is 3. The molecule has 190 valence electrons. The number of fused-ring (bicyclic) bond motifs is 1. The molecule has 1 amide bonds. The van der Waals surface area contributed by atoms with E-state index in [9.17, 15) is 14.0 Å². The molecule has 2 unspecified atom stereocenters. The minimum absolute atomic E-state index is 0.0507. The molecule has 1 aromatic carbocycles. The van der Waals surface area contributed by atoms with Crippen LogP contribution in [0.1, 0.15) is 50.8 Å². The van der Waals surface area contributed by atoms with E-state index in [4.69, 9.17) is 4.74 Å². The molecule has 37 heavy (non-hydrogen) atoms. The summed E-state index contributed by atoms with van der Waals surface area (Å²) in [5, 5.41) is 13.1. The highest BCUT2D eigenvalue weighted by atomic mass is 19.1. The van der Waals surface area contributed by atoms with E-state index in [-0.39, 0.29) is 29.4 Å². The van der Waals surface area contributed by atoms with Crippen LogP contribution in [-0.2, 0) is 4.79 Å². The van der Waals surface area contributed by atoms with Crippen molar-refractivity contribution in [3.8, 4) is 17.0 Å². The summed E-state index contributed by atoms with van der Waals surface area (Å²) in [7, 11) is 0. The lowest BCUT2D eigenvalue weighted by Gasteiger charge is -2.32. The SMILES string of the molecule is CC1CC(=O)C2=C(C1)Nc1[nH]nc(OC(=O)NC(C)C)c1C2/C=C/c1ccc(-c2cccc(F)c2)cn1. The number of pyridine rings is 1. The van der Waals surface area contributed by atoms with E-state index in [0.29, 0.717) is 29.1 Å². The maximum absolute atomic E-state index is 13.6. The summed E-state index contributed by atoms with van der Waals surface area (Å²) in [6.07, 6.45) is 5.96. The van der Waals surface area contributed by atoms with E-state index in [1.165, 1.54) is 12.1 Å². The van der Waals surface area contributed by atoms with Crippen LogP contribution >= 0.6 is 0 Å². The van der Waals surface area contributed by atoms with Gasteiger partial charge in [-0.15, -0.1) is 5.10 Å². The number of amides is 1. The molecule has 0 fully saturated rings. The van der Waals surface area contributed by atoms with Crippen LogP contribution in [0.4, 0.5) is 15.0 Å². The van der Waals surface area contributed by atoms with E-state index in [1.54, 1.807) is 12.3 Å². The molecule has 3 N–H and O–H groups in total. The van der Waals surface area contributed by atoms with Crippen LogP contribution in [0.15, 0.2) is 59.9 Å². The van der Waals surface area contributed by atoms with Crippen molar-refractivity contribution in [1.29, 1.82) is 0 Å². The van der Waals surface area contributed by atoms with Gasteiger partial charge in [0.25, 0.3) is 0 Å². The molecule has 1 aliphatic heterocycles. The number of ketones is 1. The fourth-order valence-corrected chi connectivity index (χ4v) is 4.78. The van der Waals surface area contributed by atoms with E-state index < -0.39 is 12.0 Å². The van der Waals surface area contributed by atoms with Gasteiger partial charge in [-0.1, -0.05) is 31.2 Å². The van der Waals surface area contributed by atoms with Gasteiger partial charge in [-0.05, 0) is 56.0 Å². The van der Waals surface area contributed by atoms with Crippen molar-refractivity contribution in [2.45, 2.75) is 45.6 Å². The van der Waals surface area contributed by atoms with Crippen LogP contribution in [0.25, 0.3) is 17.2 Å². The van der Waals surface area contributed by atoms with Gasteiger partial charge < -0.3 is 15.4 Å². The normalized spacial score (nSPS) is 19.0. The van der Waals surface area contributed by atoms with Crippen LogP contribution in [0, 0.1) is 11.7 Å². The second-order valence-corrected chi connectivity index (χ2v) is 9.78. The highest BCUT2D eigenvalue weighted by Gasteiger charge is 2.38. The summed E-state index contributed by atoms with van der Waals surface area (Å²) >= 11 is 0. The average Bonchev–Trinajstić information content (AvgIpc) is 3.23. The Morgan fingerprint density at radius 1 is 1.22 bits per heavy atom. The first-order chi connectivity index (χ1) is 17.8. The molecule has 0 saturated carbocycles. The van der Waals surface area contributed by atoms with E-state index in [1.807, 2.05) is 51.1 Å². The second-order valence-electron chi connectivity index (χ2n) is 9.78. The highest BCUT2D eigenvalue weighted by Crippen LogP contribution is 2.46. The summed E-state index contributed by atoms with van der Waals surface area (Å²) in [4.78, 5) is 30.0. The topological polar surface area (TPSA) is 109 Å². The maximum atomic E-state index is 13.6. The maximum Gasteiger partial charge on any atom is 0.414 e. The quantitative estimate of drug-likeness (QED) is 0.421. The lowest BCUT2D eigenvalue weighted by atomic mass is 9.77. The molecule has 1 aliphatic carbocycles. The number of hydrogen-bond acceptors (Lipinski definition) is 6. The predicted octanol–water partition coefficient (Wildman–Crippen LogP) is 5.58. The van der Waals surface area contributed by atoms with Crippen LogP contribution < -0.4 is 15.4 Å². The number of allylic oxidation sites excluding steroid dienone is 3. The molecule has 2 atom stereocenters. The number of benzene rings is 1. The van der Waals surface area contributed by atoms with Crippen molar-refractivity contribution >= 4 is 23.8 Å². The number of anilines is 1.